The van der Waals surface area contributed by atoms with Crippen LogP contribution in [0.4, 0.5) is 0 Å². The maximum Gasteiger partial charge on any atom is 0.193 e. The summed E-state index contributed by atoms with van der Waals surface area (Å²) in [6.45, 7) is 7.65. The van der Waals surface area contributed by atoms with E-state index < -0.39 is 9.84 Å². The molecule has 6 nitrogen and oxygen atoms in total. The number of halogens is 1. The molecule has 3 fully saturated rings. The Labute approximate surface area is 175 Å². The van der Waals surface area contributed by atoms with Gasteiger partial charge in [0.1, 0.15) is 0 Å². The van der Waals surface area contributed by atoms with Crippen molar-refractivity contribution < 1.29 is 13.2 Å². The third-order valence-corrected chi connectivity index (χ3v) is 7.65. The number of guanidine groups is 1. The molecule has 0 aromatic carbocycles. The zero-order valence-corrected chi connectivity index (χ0v) is 19.0. The molecule has 3 saturated heterocycles. The highest BCUT2D eigenvalue weighted by atomic mass is 127. The molecule has 0 aliphatic carbocycles. The molecule has 3 heterocycles. The van der Waals surface area contributed by atoms with Crippen LogP contribution in [0.25, 0.3) is 0 Å². The van der Waals surface area contributed by atoms with E-state index in [1.54, 1.807) is 0 Å². The lowest BCUT2D eigenvalue weighted by atomic mass is 9.85. The summed E-state index contributed by atoms with van der Waals surface area (Å²) in [4.78, 5) is 7.20. The van der Waals surface area contributed by atoms with E-state index in [9.17, 15) is 8.42 Å². The Morgan fingerprint density at radius 3 is 2.62 bits per heavy atom. The molecule has 2 unspecified atom stereocenters. The first-order valence-electron chi connectivity index (χ1n) is 9.89. The summed E-state index contributed by atoms with van der Waals surface area (Å²) < 4.78 is 28.8. The molecular weight excluding hydrogens is 465 g/mol. The highest BCUT2D eigenvalue weighted by Crippen LogP contribution is 2.31. The summed E-state index contributed by atoms with van der Waals surface area (Å²) >= 11 is 0. The molecule has 0 bridgehead atoms. The van der Waals surface area contributed by atoms with E-state index in [4.69, 9.17) is 9.73 Å². The molecule has 0 amide bonds. The van der Waals surface area contributed by atoms with Gasteiger partial charge in [0.05, 0.1) is 11.5 Å². The van der Waals surface area contributed by atoms with E-state index in [0.717, 1.165) is 63.5 Å². The number of hydrogen-bond donors (Lipinski definition) is 1. The van der Waals surface area contributed by atoms with Crippen molar-refractivity contribution >= 4 is 39.8 Å². The van der Waals surface area contributed by atoms with Crippen LogP contribution in [0.15, 0.2) is 4.99 Å². The molecule has 0 aromatic heterocycles. The molecule has 3 aliphatic heterocycles. The number of hydrogen-bond acceptors (Lipinski definition) is 4. The summed E-state index contributed by atoms with van der Waals surface area (Å²) in [5, 5.41) is 3.48. The van der Waals surface area contributed by atoms with Crippen LogP contribution in [0, 0.1) is 17.8 Å². The Morgan fingerprint density at radius 1 is 1.19 bits per heavy atom. The third kappa shape index (κ3) is 6.22. The van der Waals surface area contributed by atoms with Gasteiger partial charge < -0.3 is 15.0 Å². The van der Waals surface area contributed by atoms with Crippen LogP contribution in [0.1, 0.15) is 39.0 Å². The summed E-state index contributed by atoms with van der Waals surface area (Å²) in [6.07, 6.45) is 5.43. The predicted molar refractivity (Wildman–Crippen MR) is 116 cm³/mol. The van der Waals surface area contributed by atoms with Gasteiger partial charge in [0.2, 0.25) is 0 Å². The number of sulfone groups is 1. The van der Waals surface area contributed by atoms with E-state index in [1.165, 1.54) is 19.3 Å². The zero-order chi connectivity index (χ0) is 17.7. The van der Waals surface area contributed by atoms with Gasteiger partial charge in [-0.05, 0) is 49.9 Å². The van der Waals surface area contributed by atoms with Crippen LogP contribution in [-0.4, -0.2) is 70.2 Å². The Morgan fingerprint density at radius 2 is 1.96 bits per heavy atom. The van der Waals surface area contributed by atoms with Crippen LogP contribution in [0.3, 0.4) is 0 Å². The molecule has 0 saturated carbocycles. The first kappa shape index (κ1) is 22.2. The summed E-state index contributed by atoms with van der Waals surface area (Å²) in [7, 11) is -2.82. The lowest BCUT2D eigenvalue weighted by Crippen LogP contribution is -2.41. The van der Waals surface area contributed by atoms with Crippen molar-refractivity contribution in [1.82, 2.24) is 10.2 Å². The Kier molecular flexibility index (Phi) is 8.93. The number of ether oxygens (including phenoxy) is 1. The molecule has 3 aliphatic rings. The second kappa shape index (κ2) is 10.5. The standard InChI is InChI=1S/C18H33N3O3S.HI/c1-2-7-19-18(20-12-15-6-11-25(22,23)14-15)21-8-3-17(13-21)16-4-9-24-10-5-16;/h15-17H,2-14H2,1H3,(H,19,20);1H. The van der Waals surface area contributed by atoms with Crippen molar-refractivity contribution in [3.05, 3.63) is 0 Å². The Balaban J connectivity index is 0.00000243. The smallest absolute Gasteiger partial charge is 0.193 e. The van der Waals surface area contributed by atoms with Gasteiger partial charge in [0, 0.05) is 39.4 Å². The largest absolute Gasteiger partial charge is 0.381 e. The molecule has 152 valence electrons. The quantitative estimate of drug-likeness (QED) is 0.357. The minimum atomic E-state index is -2.82. The first-order valence-corrected chi connectivity index (χ1v) is 11.7. The second-order valence-corrected chi connectivity index (χ2v) is 10.0. The van der Waals surface area contributed by atoms with E-state index >= 15 is 0 Å². The van der Waals surface area contributed by atoms with Gasteiger partial charge in [-0.2, -0.15) is 0 Å². The molecule has 26 heavy (non-hydrogen) atoms. The van der Waals surface area contributed by atoms with Crippen LogP contribution in [-0.2, 0) is 14.6 Å². The van der Waals surface area contributed by atoms with Crippen molar-refractivity contribution in [2.45, 2.75) is 39.0 Å². The third-order valence-electron chi connectivity index (χ3n) is 5.82. The molecule has 0 radical (unpaired) electrons. The summed E-state index contributed by atoms with van der Waals surface area (Å²) in [5.41, 5.74) is 0. The maximum absolute atomic E-state index is 11.6. The van der Waals surface area contributed by atoms with Gasteiger partial charge in [-0.15, -0.1) is 24.0 Å². The fourth-order valence-electron chi connectivity index (χ4n) is 4.29. The molecule has 8 heteroatoms. The number of nitrogens with one attached hydrogen (secondary N) is 1. The van der Waals surface area contributed by atoms with Gasteiger partial charge in [-0.1, -0.05) is 6.92 Å². The number of aliphatic imine (C=N–C) groups is 1. The Bertz CT molecular complexity index is 564. The molecule has 0 aromatic rings. The minimum absolute atomic E-state index is 0. The average Bonchev–Trinajstić information content (AvgIpc) is 3.22. The van der Waals surface area contributed by atoms with E-state index in [1.807, 2.05) is 0 Å². The van der Waals surface area contributed by atoms with Crippen molar-refractivity contribution in [3.8, 4) is 0 Å². The van der Waals surface area contributed by atoms with Gasteiger partial charge in [0.25, 0.3) is 0 Å². The number of likely N-dealkylation sites (tertiary alicyclic amines) is 1. The first-order chi connectivity index (χ1) is 12.1. The molecule has 0 spiro atoms. The molecule has 1 N–H and O–H groups in total. The maximum atomic E-state index is 11.6. The van der Waals surface area contributed by atoms with Crippen molar-refractivity contribution in [2.24, 2.45) is 22.7 Å². The van der Waals surface area contributed by atoms with Crippen molar-refractivity contribution in [3.63, 3.8) is 0 Å². The lowest BCUT2D eigenvalue weighted by Gasteiger charge is -2.28. The Hall–Kier alpha value is -0.0900. The molecular formula is C18H34IN3O3S. The van der Waals surface area contributed by atoms with Gasteiger partial charge >= 0.3 is 0 Å². The second-order valence-electron chi connectivity index (χ2n) is 7.80. The molecule has 2 atom stereocenters. The fraction of sp³-hybridized carbons (Fsp3) is 0.944. The minimum Gasteiger partial charge on any atom is -0.381 e. The van der Waals surface area contributed by atoms with Crippen LogP contribution in [0.2, 0.25) is 0 Å². The highest BCUT2D eigenvalue weighted by molar-refractivity contribution is 14.0. The van der Waals surface area contributed by atoms with Crippen LogP contribution in [0.5, 0.6) is 0 Å². The molecule has 3 rings (SSSR count). The van der Waals surface area contributed by atoms with E-state index in [0.29, 0.717) is 18.1 Å². The number of rotatable bonds is 5. The van der Waals surface area contributed by atoms with Crippen molar-refractivity contribution in [1.29, 1.82) is 0 Å². The zero-order valence-electron chi connectivity index (χ0n) is 15.9. The summed E-state index contributed by atoms with van der Waals surface area (Å²) in [5.74, 6) is 3.34. The monoisotopic (exact) mass is 499 g/mol. The SMILES string of the molecule is CCCNC(=NCC1CCS(=O)(=O)C1)N1CCC(C2CCOCC2)C1.I. The lowest BCUT2D eigenvalue weighted by molar-refractivity contribution is 0.0488. The summed E-state index contributed by atoms with van der Waals surface area (Å²) in [6, 6.07) is 0. The van der Waals surface area contributed by atoms with Gasteiger partial charge in [-0.3, -0.25) is 4.99 Å². The topological polar surface area (TPSA) is 71.0 Å². The van der Waals surface area contributed by atoms with Crippen molar-refractivity contribution in [2.75, 3.05) is 50.9 Å². The normalized spacial score (nSPS) is 29.6. The number of nitrogens with zero attached hydrogens (tertiary/aromatic N) is 2. The average molecular weight is 499 g/mol. The van der Waals surface area contributed by atoms with E-state index in [-0.39, 0.29) is 29.9 Å². The van der Waals surface area contributed by atoms with Crippen LogP contribution >= 0.6 is 24.0 Å². The van der Waals surface area contributed by atoms with Crippen LogP contribution < -0.4 is 5.32 Å². The predicted octanol–water partition coefficient (Wildman–Crippen LogP) is 2.14. The highest BCUT2D eigenvalue weighted by Gasteiger charge is 2.32. The fourth-order valence-corrected chi connectivity index (χ4v) is 6.14. The van der Waals surface area contributed by atoms with E-state index in [2.05, 4.69) is 17.1 Å². The van der Waals surface area contributed by atoms with Gasteiger partial charge in [-0.25, -0.2) is 8.42 Å². The van der Waals surface area contributed by atoms with Gasteiger partial charge in [0.15, 0.2) is 15.8 Å².